The predicted octanol–water partition coefficient (Wildman–Crippen LogP) is 6.36. The van der Waals surface area contributed by atoms with Crippen molar-refractivity contribution in [3.63, 3.8) is 0 Å². The third-order valence-corrected chi connectivity index (χ3v) is 9.47. The summed E-state index contributed by atoms with van der Waals surface area (Å²) in [5, 5.41) is 0.682. The minimum Gasteiger partial charge on any atom is -0.497 e. The summed E-state index contributed by atoms with van der Waals surface area (Å²) in [7, 11) is 1.66. The first-order valence-corrected chi connectivity index (χ1v) is 16.2. The molecule has 3 aliphatic rings. The van der Waals surface area contributed by atoms with Gasteiger partial charge in [-0.25, -0.2) is 0 Å². The third kappa shape index (κ3) is 6.40. The van der Waals surface area contributed by atoms with Crippen molar-refractivity contribution in [3.05, 3.63) is 94.0 Å². The molecule has 3 heterocycles. The Morgan fingerprint density at radius 2 is 1.69 bits per heavy atom. The first-order chi connectivity index (χ1) is 21.9. The van der Waals surface area contributed by atoms with Crippen molar-refractivity contribution < 1.29 is 14.3 Å². The molecule has 3 aliphatic heterocycles. The molecule has 4 atom stereocenters. The zero-order valence-electron chi connectivity index (χ0n) is 26.2. The lowest BCUT2D eigenvalue weighted by atomic mass is 9.89. The van der Waals surface area contributed by atoms with Crippen LogP contribution in [-0.4, -0.2) is 78.4 Å². The van der Waals surface area contributed by atoms with Gasteiger partial charge in [-0.2, -0.15) is 0 Å². The number of hydrogen-bond donors (Lipinski definition) is 0. The summed E-state index contributed by atoms with van der Waals surface area (Å²) in [6.45, 7) is 7.53. The fraction of sp³-hybridized carbons (Fsp3) is 0.405. The van der Waals surface area contributed by atoms with E-state index in [0.717, 1.165) is 66.3 Å². The normalized spacial score (nSPS) is 23.6. The molecule has 4 unspecified atom stereocenters. The summed E-state index contributed by atoms with van der Waals surface area (Å²) in [5.74, 6) is 5.02. The number of ether oxygens (including phenoxy) is 2. The number of aliphatic imine (C=N–C) groups is 1. The molecule has 0 N–H and O–H groups in total. The van der Waals surface area contributed by atoms with Crippen LogP contribution in [0, 0.1) is 12.3 Å². The van der Waals surface area contributed by atoms with Gasteiger partial charge in [0.1, 0.15) is 23.4 Å². The molecule has 6 rings (SSSR count). The number of terminal acetylenes is 1. The predicted molar refractivity (Wildman–Crippen MR) is 179 cm³/mol. The van der Waals surface area contributed by atoms with Gasteiger partial charge in [-0.3, -0.25) is 14.7 Å². The van der Waals surface area contributed by atoms with Crippen LogP contribution in [0.1, 0.15) is 67.4 Å². The van der Waals surface area contributed by atoms with E-state index in [9.17, 15) is 4.79 Å². The second kappa shape index (κ2) is 13.6. The Kier molecular flexibility index (Phi) is 9.34. The number of hydrogen-bond acceptors (Lipinski definition) is 6. The number of rotatable bonds is 9. The van der Waals surface area contributed by atoms with Crippen LogP contribution in [-0.2, 0) is 4.79 Å². The quantitative estimate of drug-likeness (QED) is 0.205. The van der Waals surface area contributed by atoms with Crippen molar-refractivity contribution in [2.45, 2.75) is 63.4 Å². The third-order valence-electron chi connectivity index (χ3n) is 9.22. The molecule has 0 radical (unpaired) electrons. The van der Waals surface area contributed by atoms with E-state index in [-0.39, 0.29) is 30.3 Å². The molecule has 0 aromatic heterocycles. The second-order valence-electron chi connectivity index (χ2n) is 12.4. The van der Waals surface area contributed by atoms with Crippen LogP contribution in [0.5, 0.6) is 11.5 Å². The number of amidine groups is 1. The number of carbonyl (C=O) groups excluding carboxylic acids is 1. The number of methoxy groups -OCH3 is 1. The first-order valence-electron chi connectivity index (χ1n) is 15.9. The molecule has 0 aliphatic carbocycles. The first kappa shape index (κ1) is 31.0. The van der Waals surface area contributed by atoms with E-state index >= 15 is 0 Å². The minimum atomic E-state index is -0.243. The molecule has 2 fully saturated rings. The number of carbonyl (C=O) groups is 1. The van der Waals surface area contributed by atoms with Crippen LogP contribution in [0.3, 0.4) is 0 Å². The highest BCUT2D eigenvalue weighted by molar-refractivity contribution is 6.30. The van der Waals surface area contributed by atoms with Gasteiger partial charge in [-0.1, -0.05) is 41.8 Å². The molecule has 0 spiro atoms. The van der Waals surface area contributed by atoms with Crippen LogP contribution in [0.4, 0.5) is 0 Å². The van der Waals surface area contributed by atoms with Crippen molar-refractivity contribution in [1.82, 2.24) is 14.7 Å². The molecule has 2 saturated heterocycles. The second-order valence-corrected chi connectivity index (χ2v) is 12.8. The topological polar surface area (TPSA) is 57.6 Å². The molecular weight excluding hydrogens is 584 g/mol. The average molecular weight is 625 g/mol. The van der Waals surface area contributed by atoms with E-state index in [1.807, 2.05) is 55.1 Å². The van der Waals surface area contributed by atoms with Gasteiger partial charge in [0.25, 0.3) is 0 Å². The van der Waals surface area contributed by atoms with Crippen LogP contribution < -0.4 is 9.47 Å². The maximum Gasteiger partial charge on any atom is 0.209 e. The van der Waals surface area contributed by atoms with Crippen molar-refractivity contribution in [3.8, 4) is 23.8 Å². The molecule has 0 saturated carbocycles. The Bertz CT molecular complexity index is 1560. The van der Waals surface area contributed by atoms with Crippen molar-refractivity contribution in [2.75, 3.05) is 33.3 Å². The fourth-order valence-corrected chi connectivity index (χ4v) is 7.26. The van der Waals surface area contributed by atoms with Crippen LogP contribution in [0.2, 0.25) is 5.02 Å². The summed E-state index contributed by atoms with van der Waals surface area (Å²) < 4.78 is 12.0. The number of amides is 1. The smallest absolute Gasteiger partial charge is 0.209 e. The Balaban J connectivity index is 1.57. The Morgan fingerprint density at radius 3 is 2.33 bits per heavy atom. The van der Waals surface area contributed by atoms with Crippen LogP contribution in [0.15, 0.2) is 71.7 Å². The maximum atomic E-state index is 12.3. The summed E-state index contributed by atoms with van der Waals surface area (Å²) >= 11 is 6.42. The van der Waals surface area contributed by atoms with Gasteiger partial charge in [0.05, 0.1) is 30.9 Å². The number of piperidine rings is 1. The van der Waals surface area contributed by atoms with E-state index in [1.165, 1.54) is 12.8 Å². The number of likely N-dealkylation sites (tertiary alicyclic amines) is 2. The van der Waals surface area contributed by atoms with Gasteiger partial charge in [0.2, 0.25) is 6.41 Å². The molecular formula is C37H41ClN4O3. The highest BCUT2D eigenvalue weighted by Gasteiger charge is 2.48. The highest BCUT2D eigenvalue weighted by atomic mass is 35.5. The molecule has 3 aromatic carbocycles. The van der Waals surface area contributed by atoms with Crippen molar-refractivity contribution in [1.29, 1.82) is 0 Å². The SMILES string of the molecule is C#Cc1ccc(C2N=C(c3ccc(OC)cc3OC(C)C)N(C3CN(C=O)CCC3N3CCCC3)C2c2ccc(Cl)cc2)cc1. The minimum absolute atomic E-state index is 0.00883. The van der Waals surface area contributed by atoms with Gasteiger partial charge < -0.3 is 19.3 Å². The Labute approximate surface area is 271 Å². The van der Waals surface area contributed by atoms with Gasteiger partial charge in [0, 0.05) is 35.8 Å². The lowest BCUT2D eigenvalue weighted by Gasteiger charge is -2.48. The average Bonchev–Trinajstić information content (AvgIpc) is 3.74. The summed E-state index contributed by atoms with van der Waals surface area (Å²) in [6.07, 6.45) is 9.95. The van der Waals surface area contributed by atoms with Gasteiger partial charge in [0.15, 0.2) is 0 Å². The lowest BCUT2D eigenvalue weighted by molar-refractivity contribution is -0.121. The molecule has 234 valence electrons. The van der Waals surface area contributed by atoms with Gasteiger partial charge in [-0.15, -0.1) is 6.42 Å². The molecule has 8 heteroatoms. The van der Waals surface area contributed by atoms with E-state index in [0.29, 0.717) is 17.3 Å². The van der Waals surface area contributed by atoms with Crippen LogP contribution in [0.25, 0.3) is 0 Å². The Hall–Kier alpha value is -3.99. The maximum absolute atomic E-state index is 12.3. The zero-order valence-corrected chi connectivity index (χ0v) is 27.0. The van der Waals surface area contributed by atoms with E-state index < -0.39 is 0 Å². The van der Waals surface area contributed by atoms with Gasteiger partial charge >= 0.3 is 0 Å². The fourth-order valence-electron chi connectivity index (χ4n) is 7.14. The van der Waals surface area contributed by atoms with E-state index in [2.05, 4.69) is 46.1 Å². The lowest BCUT2D eigenvalue weighted by Crippen LogP contribution is -2.61. The van der Waals surface area contributed by atoms with Gasteiger partial charge in [-0.05, 0) is 93.7 Å². The van der Waals surface area contributed by atoms with E-state index in [1.54, 1.807) is 7.11 Å². The molecule has 1 amide bonds. The molecule has 7 nitrogen and oxygen atoms in total. The van der Waals surface area contributed by atoms with Crippen LogP contribution >= 0.6 is 11.6 Å². The van der Waals surface area contributed by atoms with E-state index in [4.69, 9.17) is 32.5 Å². The number of benzene rings is 3. The van der Waals surface area contributed by atoms with Crippen molar-refractivity contribution in [2.24, 2.45) is 4.99 Å². The molecule has 3 aromatic rings. The molecule has 45 heavy (non-hydrogen) atoms. The standard InChI is InChI=1S/C37H41ClN4O3/c1-5-26-8-10-27(11-9-26)35-36(28-12-14-29(38)15-13-28)42(33-23-40(24-43)21-18-32(33)41-19-6-7-20-41)37(39-35)31-17-16-30(44-4)22-34(31)45-25(2)3/h1,8-17,22,24-25,32-33,35-36H,6-7,18-21,23H2,2-4H3. The monoisotopic (exact) mass is 624 g/mol. The number of halogens is 1. The highest BCUT2D eigenvalue weighted by Crippen LogP contribution is 2.47. The summed E-state index contributed by atoms with van der Waals surface area (Å²) in [6, 6.07) is 22.0. The largest absolute Gasteiger partial charge is 0.497 e. The zero-order chi connectivity index (χ0) is 31.5. The molecule has 0 bridgehead atoms. The number of nitrogens with zero attached hydrogens (tertiary/aromatic N) is 4. The summed E-state index contributed by atoms with van der Waals surface area (Å²) in [4.78, 5) is 24.9. The Morgan fingerprint density at radius 1 is 0.978 bits per heavy atom. The van der Waals surface area contributed by atoms with Crippen molar-refractivity contribution >= 4 is 23.8 Å². The summed E-state index contributed by atoms with van der Waals surface area (Å²) in [5.41, 5.74) is 3.89.